The molecule has 0 radical (unpaired) electrons. The zero-order valence-corrected chi connectivity index (χ0v) is 20.6. The molecule has 0 aromatic rings. The lowest BCUT2D eigenvalue weighted by Crippen LogP contribution is -2.45. The van der Waals surface area contributed by atoms with Crippen LogP contribution in [0.15, 0.2) is 29.5 Å². The van der Waals surface area contributed by atoms with E-state index < -0.39 is 25.7 Å². The second-order valence-corrected chi connectivity index (χ2v) is 14.1. The van der Waals surface area contributed by atoms with E-state index in [2.05, 4.69) is 39.6 Å². The Kier molecular flexibility index (Phi) is 8.29. The molecule has 0 aromatic carbocycles. The molecule has 0 heterocycles. The summed E-state index contributed by atoms with van der Waals surface area (Å²) < 4.78 is 16.7. The van der Waals surface area contributed by atoms with Gasteiger partial charge in [0.2, 0.25) is 0 Å². The van der Waals surface area contributed by atoms with Crippen LogP contribution in [0.25, 0.3) is 0 Å². The van der Waals surface area contributed by atoms with Crippen molar-refractivity contribution in [2.75, 3.05) is 14.2 Å². The molecule has 0 atom stereocenters. The first-order valence-electron chi connectivity index (χ1n) is 10.2. The fourth-order valence-corrected chi connectivity index (χ4v) is 4.74. The summed E-state index contributed by atoms with van der Waals surface area (Å²) >= 11 is 0. The molecule has 1 fully saturated rings. The molecule has 1 aliphatic carbocycles. The van der Waals surface area contributed by atoms with Gasteiger partial charge in [0.05, 0.1) is 19.8 Å². The third-order valence-electron chi connectivity index (χ3n) is 6.32. The fraction of sp³-hybridized carbons (Fsp3) is 0.696. The fourth-order valence-electron chi connectivity index (χ4n) is 3.09. The van der Waals surface area contributed by atoms with E-state index in [1.807, 2.05) is 19.9 Å². The minimum absolute atomic E-state index is 0.113. The minimum atomic E-state index is -1.94. The molecule has 164 valence electrons. The van der Waals surface area contributed by atoms with Gasteiger partial charge in [0, 0.05) is 0 Å². The van der Waals surface area contributed by atoms with Gasteiger partial charge in [-0.05, 0) is 75.4 Å². The highest BCUT2D eigenvalue weighted by Gasteiger charge is 2.53. The van der Waals surface area contributed by atoms with E-state index in [1.165, 1.54) is 14.2 Å². The van der Waals surface area contributed by atoms with Crippen molar-refractivity contribution in [3.05, 3.63) is 29.5 Å². The monoisotopic (exact) mass is 422 g/mol. The smallest absolute Gasteiger partial charge is 0.323 e. The zero-order valence-electron chi connectivity index (χ0n) is 19.6. The van der Waals surface area contributed by atoms with Crippen molar-refractivity contribution in [2.24, 2.45) is 5.41 Å². The number of carbonyl (C=O) groups is 2. The molecule has 5 nitrogen and oxygen atoms in total. The Bertz CT molecular complexity index is 685. The molecule has 1 saturated carbocycles. The van der Waals surface area contributed by atoms with Crippen LogP contribution in [0.4, 0.5) is 0 Å². The molecule has 1 aliphatic rings. The zero-order chi connectivity index (χ0) is 22.5. The molecule has 1 rings (SSSR count). The van der Waals surface area contributed by atoms with Gasteiger partial charge in [0.25, 0.3) is 0 Å². The first kappa shape index (κ1) is 25.4. The van der Waals surface area contributed by atoms with Gasteiger partial charge in [-0.2, -0.15) is 0 Å². The lowest BCUT2D eigenvalue weighted by molar-refractivity contribution is -0.168. The van der Waals surface area contributed by atoms with Crippen LogP contribution in [0.1, 0.15) is 60.3 Å². The molecule has 0 aromatic heterocycles. The Morgan fingerprint density at radius 2 is 1.59 bits per heavy atom. The molecule has 6 heteroatoms. The summed E-state index contributed by atoms with van der Waals surface area (Å²) in [7, 11) is 0.638. The summed E-state index contributed by atoms with van der Waals surface area (Å²) in [4.78, 5) is 25.3. The van der Waals surface area contributed by atoms with Crippen LogP contribution >= 0.6 is 0 Å². The van der Waals surface area contributed by atoms with Gasteiger partial charge in [-0.3, -0.25) is 9.59 Å². The number of methoxy groups -OCH3 is 2. The van der Waals surface area contributed by atoms with Crippen LogP contribution in [0.2, 0.25) is 18.1 Å². The van der Waals surface area contributed by atoms with Gasteiger partial charge in [-0.15, -0.1) is 5.73 Å². The van der Waals surface area contributed by atoms with Gasteiger partial charge < -0.3 is 13.9 Å². The molecule has 0 unspecified atom stereocenters. The van der Waals surface area contributed by atoms with Gasteiger partial charge >= 0.3 is 11.9 Å². The number of carbonyl (C=O) groups excluding carboxylic acids is 2. The molecular weight excluding hydrogens is 384 g/mol. The van der Waals surface area contributed by atoms with E-state index >= 15 is 0 Å². The molecule has 0 aliphatic heterocycles. The average molecular weight is 423 g/mol. The van der Waals surface area contributed by atoms with Crippen molar-refractivity contribution in [3.8, 4) is 0 Å². The van der Waals surface area contributed by atoms with Crippen LogP contribution < -0.4 is 0 Å². The van der Waals surface area contributed by atoms with Crippen molar-refractivity contribution in [1.82, 2.24) is 0 Å². The molecule has 0 saturated heterocycles. The lowest BCUT2D eigenvalue weighted by atomic mass is 9.80. The van der Waals surface area contributed by atoms with Crippen LogP contribution in [-0.4, -0.2) is 40.1 Å². The Hall–Kier alpha value is -1.62. The van der Waals surface area contributed by atoms with Gasteiger partial charge in [0.1, 0.15) is 0 Å². The quantitative estimate of drug-likeness (QED) is 0.165. The average Bonchev–Trinajstić information content (AvgIpc) is 3.42. The van der Waals surface area contributed by atoms with Gasteiger partial charge in [0.15, 0.2) is 13.7 Å². The molecular formula is C23H38O5Si. The predicted octanol–water partition coefficient (Wildman–Crippen LogP) is 5.33. The Morgan fingerprint density at radius 3 is 1.97 bits per heavy atom. The van der Waals surface area contributed by atoms with Gasteiger partial charge in [-0.1, -0.05) is 26.8 Å². The number of rotatable bonds is 9. The van der Waals surface area contributed by atoms with E-state index in [-0.39, 0.29) is 23.5 Å². The van der Waals surface area contributed by atoms with E-state index in [1.54, 1.807) is 12.2 Å². The second kappa shape index (κ2) is 9.46. The minimum Gasteiger partial charge on any atom is -0.468 e. The van der Waals surface area contributed by atoms with Crippen LogP contribution in [0.3, 0.4) is 0 Å². The van der Waals surface area contributed by atoms with Gasteiger partial charge in [-0.25, -0.2) is 0 Å². The third-order valence-corrected chi connectivity index (χ3v) is 10.8. The molecule has 0 spiro atoms. The summed E-state index contributed by atoms with van der Waals surface area (Å²) in [5, 5.41) is 0.113. The third kappa shape index (κ3) is 5.71. The Morgan fingerprint density at radius 1 is 1.07 bits per heavy atom. The topological polar surface area (TPSA) is 61.8 Å². The number of allylic oxidation sites excluding steroid dienone is 2. The van der Waals surface area contributed by atoms with Crippen LogP contribution in [0.5, 0.6) is 0 Å². The van der Waals surface area contributed by atoms with E-state index in [4.69, 9.17) is 13.9 Å². The SMILES string of the molecule is CC=C=CCC(C/C=C(\C)C1(O[Si](C)(C)C(C)(C)C)CC1)(C(=O)OC)C(=O)OC. The molecule has 0 amide bonds. The summed E-state index contributed by atoms with van der Waals surface area (Å²) in [6, 6.07) is 0. The highest BCUT2D eigenvalue weighted by atomic mass is 28.4. The van der Waals surface area contributed by atoms with Crippen molar-refractivity contribution in [2.45, 2.75) is 84.0 Å². The summed E-state index contributed by atoms with van der Waals surface area (Å²) in [6.07, 6.45) is 7.65. The maximum Gasteiger partial charge on any atom is 0.323 e. The maximum absolute atomic E-state index is 12.6. The van der Waals surface area contributed by atoms with Crippen molar-refractivity contribution in [1.29, 1.82) is 0 Å². The Balaban J connectivity index is 3.22. The highest BCUT2D eigenvalue weighted by Crippen LogP contribution is 2.52. The molecule has 0 bridgehead atoms. The normalized spacial score (nSPS) is 16.5. The largest absolute Gasteiger partial charge is 0.468 e. The first-order valence-corrected chi connectivity index (χ1v) is 13.1. The highest BCUT2D eigenvalue weighted by molar-refractivity contribution is 6.74. The first-order chi connectivity index (χ1) is 13.3. The van der Waals surface area contributed by atoms with Crippen LogP contribution in [0, 0.1) is 5.41 Å². The summed E-state index contributed by atoms with van der Waals surface area (Å²) in [5.41, 5.74) is 2.30. The van der Waals surface area contributed by atoms with E-state index in [0.29, 0.717) is 0 Å². The summed E-state index contributed by atoms with van der Waals surface area (Å²) in [6.45, 7) is 15.0. The summed E-state index contributed by atoms with van der Waals surface area (Å²) in [5.74, 6) is -1.20. The maximum atomic E-state index is 12.6. The predicted molar refractivity (Wildman–Crippen MR) is 118 cm³/mol. The molecule has 0 N–H and O–H groups in total. The van der Waals surface area contributed by atoms with Crippen molar-refractivity contribution in [3.63, 3.8) is 0 Å². The van der Waals surface area contributed by atoms with Crippen LogP contribution in [-0.2, 0) is 23.5 Å². The Labute approximate surface area is 177 Å². The number of esters is 2. The second-order valence-electron chi connectivity index (χ2n) is 9.38. The number of hydrogen-bond donors (Lipinski definition) is 0. The van der Waals surface area contributed by atoms with Crippen molar-refractivity contribution >= 4 is 20.3 Å². The standard InChI is InChI=1S/C23H38O5Si/c1-10-11-12-14-22(19(24)26-6,20(25)27-7)15-13-18(2)23(16-17-23)28-29(8,9)21(3,4)5/h10,12-13H,14-17H2,1-9H3/b18-13+. The molecule has 29 heavy (non-hydrogen) atoms. The van der Waals surface area contributed by atoms with E-state index in [9.17, 15) is 9.59 Å². The number of ether oxygens (including phenoxy) is 2. The lowest BCUT2D eigenvalue weighted by Gasteiger charge is -2.40. The number of hydrogen-bond acceptors (Lipinski definition) is 5. The van der Waals surface area contributed by atoms with E-state index in [0.717, 1.165) is 18.4 Å². The van der Waals surface area contributed by atoms with Crippen molar-refractivity contribution < 1.29 is 23.5 Å².